The summed E-state index contributed by atoms with van der Waals surface area (Å²) in [6.07, 6.45) is 1.93. The number of hydrogen-bond donors (Lipinski definition) is 2. The van der Waals surface area contributed by atoms with Crippen LogP contribution in [-0.4, -0.2) is 15.0 Å². The number of imidazole rings is 1. The van der Waals surface area contributed by atoms with E-state index in [1.807, 2.05) is 30.5 Å². The van der Waals surface area contributed by atoms with Crippen LogP contribution in [0.3, 0.4) is 0 Å². The number of hydrogen-bond acceptors (Lipinski definition) is 4. The first-order chi connectivity index (χ1) is 9.91. The van der Waals surface area contributed by atoms with Crippen LogP contribution in [0.15, 0.2) is 46.7 Å². The first-order valence-electron chi connectivity index (χ1n) is 6.81. The summed E-state index contributed by atoms with van der Waals surface area (Å²) in [5, 5.41) is 1.75. The molecule has 0 saturated heterocycles. The van der Waals surface area contributed by atoms with E-state index in [4.69, 9.17) is 5.73 Å². The summed E-state index contributed by atoms with van der Waals surface area (Å²) in [4.78, 5) is 12.3. The molecule has 4 nitrogen and oxygen atoms in total. The highest BCUT2D eigenvalue weighted by atomic mass is 32.2. The first-order valence-corrected chi connectivity index (χ1v) is 7.63. The van der Waals surface area contributed by atoms with Gasteiger partial charge >= 0.3 is 0 Å². The Morgan fingerprint density at radius 2 is 1.95 bits per heavy atom. The molecule has 0 fully saturated rings. The molecule has 0 amide bonds. The van der Waals surface area contributed by atoms with Gasteiger partial charge in [-0.2, -0.15) is 0 Å². The molecular formula is C16H18N4S. The number of rotatable bonds is 2. The topological polar surface area (TPSA) is 67.6 Å². The quantitative estimate of drug-likeness (QED) is 0.702. The number of pyridine rings is 1. The van der Waals surface area contributed by atoms with Gasteiger partial charge in [0.15, 0.2) is 5.16 Å². The molecule has 3 N–H and O–H groups in total. The molecule has 3 aromatic rings. The van der Waals surface area contributed by atoms with Crippen molar-refractivity contribution < 1.29 is 0 Å². The second-order valence-electron chi connectivity index (χ2n) is 6.06. The van der Waals surface area contributed by atoms with Gasteiger partial charge in [-0.05, 0) is 47.0 Å². The summed E-state index contributed by atoms with van der Waals surface area (Å²) >= 11 is 1.52. The van der Waals surface area contributed by atoms with Crippen LogP contribution in [0.2, 0.25) is 0 Å². The second kappa shape index (κ2) is 5.07. The van der Waals surface area contributed by atoms with Crippen LogP contribution >= 0.6 is 11.8 Å². The van der Waals surface area contributed by atoms with Crippen molar-refractivity contribution in [2.75, 3.05) is 5.73 Å². The van der Waals surface area contributed by atoms with Crippen LogP contribution in [0.1, 0.15) is 26.3 Å². The molecule has 0 atom stereocenters. The van der Waals surface area contributed by atoms with Crippen molar-refractivity contribution in [3.8, 4) is 0 Å². The Hall–Kier alpha value is -2.01. The van der Waals surface area contributed by atoms with E-state index in [0.717, 1.165) is 26.9 Å². The molecule has 5 heteroatoms. The molecule has 0 aliphatic carbocycles. The number of aromatic amines is 1. The minimum Gasteiger partial charge on any atom is -0.399 e. The summed E-state index contributed by atoms with van der Waals surface area (Å²) < 4.78 is 0. The molecule has 21 heavy (non-hydrogen) atoms. The van der Waals surface area contributed by atoms with E-state index in [-0.39, 0.29) is 5.41 Å². The monoisotopic (exact) mass is 298 g/mol. The van der Waals surface area contributed by atoms with Crippen molar-refractivity contribution >= 4 is 28.5 Å². The fourth-order valence-corrected chi connectivity index (χ4v) is 2.78. The number of nitrogens with two attached hydrogens (primary N) is 1. The van der Waals surface area contributed by atoms with E-state index in [9.17, 15) is 0 Å². The number of fused-ring (bicyclic) bond motifs is 1. The Balaban J connectivity index is 1.84. The fourth-order valence-electron chi connectivity index (χ4n) is 2.04. The number of nitrogens with zero attached hydrogens (tertiary/aromatic N) is 2. The molecule has 0 unspecified atom stereocenters. The minimum absolute atomic E-state index is 0.118. The number of H-pyrrole nitrogens is 1. The van der Waals surface area contributed by atoms with Crippen molar-refractivity contribution in [3.05, 3.63) is 42.1 Å². The van der Waals surface area contributed by atoms with Gasteiger partial charge in [0.1, 0.15) is 5.03 Å². The van der Waals surface area contributed by atoms with E-state index in [1.54, 1.807) is 0 Å². The van der Waals surface area contributed by atoms with E-state index < -0.39 is 0 Å². The van der Waals surface area contributed by atoms with Crippen molar-refractivity contribution in [1.82, 2.24) is 15.0 Å². The molecule has 0 aliphatic rings. The van der Waals surface area contributed by atoms with Gasteiger partial charge in [-0.25, -0.2) is 9.97 Å². The Kier molecular flexibility index (Phi) is 3.37. The Morgan fingerprint density at radius 1 is 1.14 bits per heavy atom. The average Bonchev–Trinajstić information content (AvgIpc) is 2.79. The fraction of sp³-hybridized carbons (Fsp3) is 0.250. The number of aromatic nitrogens is 3. The summed E-state index contributed by atoms with van der Waals surface area (Å²) in [6.45, 7) is 6.54. The number of benzene rings is 1. The van der Waals surface area contributed by atoms with Gasteiger partial charge in [0.25, 0.3) is 0 Å². The third kappa shape index (κ3) is 3.03. The number of nitrogen functional groups attached to an aromatic ring is 1. The molecular weight excluding hydrogens is 280 g/mol. The average molecular weight is 298 g/mol. The van der Waals surface area contributed by atoms with Crippen LogP contribution < -0.4 is 5.73 Å². The minimum atomic E-state index is 0.118. The first kappa shape index (κ1) is 13.9. The summed E-state index contributed by atoms with van der Waals surface area (Å²) in [7, 11) is 0. The van der Waals surface area contributed by atoms with Gasteiger partial charge < -0.3 is 10.7 Å². The van der Waals surface area contributed by atoms with Gasteiger partial charge in [-0.3, -0.25) is 0 Å². The lowest BCUT2D eigenvalue weighted by Gasteiger charge is -2.18. The smallest absolute Gasteiger partial charge is 0.172 e. The van der Waals surface area contributed by atoms with Crippen molar-refractivity contribution in [2.45, 2.75) is 36.4 Å². The zero-order chi connectivity index (χ0) is 15.0. The van der Waals surface area contributed by atoms with Crippen LogP contribution in [0, 0.1) is 0 Å². The molecule has 0 saturated carbocycles. The third-order valence-electron chi connectivity index (χ3n) is 3.29. The maximum absolute atomic E-state index is 5.78. The maximum atomic E-state index is 5.78. The maximum Gasteiger partial charge on any atom is 0.172 e. The zero-order valence-electron chi connectivity index (χ0n) is 12.3. The molecule has 0 spiro atoms. The Bertz CT molecular complexity index is 769. The standard InChI is InChI=1S/C16H18N4S/c1-16(2,3)10-4-7-14(18-9-10)21-15-19-12-6-5-11(17)8-13(12)20-15/h4-9H,17H2,1-3H3,(H,19,20). The largest absolute Gasteiger partial charge is 0.399 e. The Morgan fingerprint density at radius 3 is 2.62 bits per heavy atom. The molecule has 2 aromatic heterocycles. The van der Waals surface area contributed by atoms with Gasteiger partial charge in [0, 0.05) is 11.9 Å². The highest BCUT2D eigenvalue weighted by Crippen LogP contribution is 2.28. The zero-order valence-corrected chi connectivity index (χ0v) is 13.2. The van der Waals surface area contributed by atoms with Crippen LogP contribution in [0.25, 0.3) is 11.0 Å². The van der Waals surface area contributed by atoms with Crippen LogP contribution in [-0.2, 0) is 5.41 Å². The molecule has 0 aliphatic heterocycles. The number of nitrogens with one attached hydrogen (secondary N) is 1. The normalized spacial score (nSPS) is 12.0. The molecule has 3 rings (SSSR count). The van der Waals surface area contributed by atoms with Gasteiger partial charge in [-0.1, -0.05) is 26.8 Å². The third-order valence-corrected chi connectivity index (χ3v) is 4.13. The van der Waals surface area contributed by atoms with E-state index in [0.29, 0.717) is 0 Å². The second-order valence-corrected chi connectivity index (χ2v) is 7.06. The number of anilines is 1. The van der Waals surface area contributed by atoms with Crippen molar-refractivity contribution in [3.63, 3.8) is 0 Å². The van der Waals surface area contributed by atoms with E-state index in [1.165, 1.54) is 17.3 Å². The van der Waals surface area contributed by atoms with Crippen LogP contribution in [0.4, 0.5) is 5.69 Å². The molecule has 2 heterocycles. The molecule has 108 valence electrons. The molecule has 0 bridgehead atoms. The summed E-state index contributed by atoms with van der Waals surface area (Å²) in [5.74, 6) is 0. The predicted octanol–water partition coefficient (Wildman–Crippen LogP) is 3.99. The predicted molar refractivity (Wildman–Crippen MR) is 87.6 cm³/mol. The SMILES string of the molecule is CC(C)(C)c1ccc(Sc2nc3ccc(N)cc3[nH]2)nc1. The van der Waals surface area contributed by atoms with E-state index >= 15 is 0 Å². The lowest BCUT2D eigenvalue weighted by Crippen LogP contribution is -2.11. The van der Waals surface area contributed by atoms with E-state index in [2.05, 4.69) is 41.8 Å². The highest BCUT2D eigenvalue weighted by Gasteiger charge is 2.14. The lowest BCUT2D eigenvalue weighted by molar-refractivity contribution is 0.586. The molecule has 1 aromatic carbocycles. The molecule has 0 radical (unpaired) electrons. The van der Waals surface area contributed by atoms with Gasteiger partial charge in [-0.15, -0.1) is 0 Å². The highest BCUT2D eigenvalue weighted by molar-refractivity contribution is 7.99. The van der Waals surface area contributed by atoms with Gasteiger partial charge in [0.2, 0.25) is 0 Å². The van der Waals surface area contributed by atoms with Gasteiger partial charge in [0.05, 0.1) is 11.0 Å². The Labute approximate surface area is 128 Å². The summed E-state index contributed by atoms with van der Waals surface area (Å²) in [5.41, 5.74) is 9.72. The summed E-state index contributed by atoms with van der Waals surface area (Å²) in [6, 6.07) is 9.82. The van der Waals surface area contributed by atoms with Crippen molar-refractivity contribution in [2.24, 2.45) is 0 Å². The van der Waals surface area contributed by atoms with Crippen molar-refractivity contribution in [1.29, 1.82) is 0 Å². The lowest BCUT2D eigenvalue weighted by atomic mass is 9.88. The van der Waals surface area contributed by atoms with Crippen LogP contribution in [0.5, 0.6) is 0 Å².